The Bertz CT molecular complexity index is 1600. The van der Waals surface area contributed by atoms with E-state index in [1.807, 2.05) is 24.4 Å². The highest BCUT2D eigenvalue weighted by Crippen LogP contribution is 2.40. The lowest BCUT2D eigenvalue weighted by atomic mass is 9.93. The molecular formula is C26H17FN2O4. The van der Waals surface area contributed by atoms with Crippen LogP contribution in [-0.2, 0) is 17.9 Å². The number of rotatable bonds is 4. The van der Waals surface area contributed by atoms with Gasteiger partial charge in [-0.25, -0.2) is 9.18 Å². The minimum Gasteiger partial charge on any atom is -0.477 e. The normalized spacial score (nSPS) is 14.9. The van der Waals surface area contributed by atoms with Crippen LogP contribution in [0.3, 0.4) is 0 Å². The summed E-state index contributed by atoms with van der Waals surface area (Å²) in [6, 6.07) is 8.65. The van der Waals surface area contributed by atoms with Gasteiger partial charge in [-0.05, 0) is 28.8 Å². The van der Waals surface area contributed by atoms with E-state index in [1.165, 1.54) is 18.4 Å². The number of allylic oxidation sites excluding steroid dienone is 4. The minimum atomic E-state index is -1.20. The Hall–Kier alpha value is -4.26. The SMILES string of the molecule is O=C1CC=CC=C1c1c(C(=O)O)n(Cc2ccc3c(c2)CN=C3)c2cc(F)c3ccoc3c12. The lowest BCUT2D eigenvalue weighted by Crippen LogP contribution is -2.13. The fourth-order valence-corrected chi connectivity index (χ4v) is 4.76. The number of carbonyl (C=O) groups is 2. The summed E-state index contributed by atoms with van der Waals surface area (Å²) < 4.78 is 22.2. The summed E-state index contributed by atoms with van der Waals surface area (Å²) >= 11 is 0. The van der Waals surface area contributed by atoms with Gasteiger partial charge in [0.15, 0.2) is 5.78 Å². The quantitative estimate of drug-likeness (QED) is 0.477. The van der Waals surface area contributed by atoms with Gasteiger partial charge in [0.2, 0.25) is 0 Å². The van der Waals surface area contributed by atoms with Crippen LogP contribution in [0.4, 0.5) is 4.39 Å². The van der Waals surface area contributed by atoms with Crippen LogP contribution < -0.4 is 0 Å². The monoisotopic (exact) mass is 440 g/mol. The van der Waals surface area contributed by atoms with Crippen molar-refractivity contribution in [2.75, 3.05) is 0 Å². The first-order valence-electron chi connectivity index (χ1n) is 10.5. The number of nitrogens with zero attached hydrogens (tertiary/aromatic N) is 2. The Morgan fingerprint density at radius 3 is 2.94 bits per heavy atom. The molecule has 4 aromatic rings. The average molecular weight is 440 g/mol. The van der Waals surface area contributed by atoms with Crippen molar-refractivity contribution in [3.8, 4) is 0 Å². The number of fused-ring (bicyclic) bond motifs is 4. The van der Waals surface area contributed by atoms with E-state index in [0.29, 0.717) is 17.4 Å². The van der Waals surface area contributed by atoms with Crippen LogP contribution >= 0.6 is 0 Å². The second kappa shape index (κ2) is 7.13. The lowest BCUT2D eigenvalue weighted by molar-refractivity contribution is -0.113. The zero-order valence-corrected chi connectivity index (χ0v) is 17.3. The highest BCUT2D eigenvalue weighted by molar-refractivity contribution is 6.29. The predicted molar refractivity (Wildman–Crippen MR) is 122 cm³/mol. The molecule has 1 N–H and O–H groups in total. The molecule has 0 atom stereocenters. The number of aliphatic imine (C=N–C) groups is 1. The van der Waals surface area contributed by atoms with Crippen LogP contribution in [0.1, 0.15) is 39.2 Å². The van der Waals surface area contributed by atoms with E-state index in [9.17, 15) is 19.1 Å². The molecule has 162 valence electrons. The molecule has 2 aliphatic rings. The van der Waals surface area contributed by atoms with E-state index in [4.69, 9.17) is 4.42 Å². The molecule has 0 unspecified atom stereocenters. The topological polar surface area (TPSA) is 84.8 Å². The molecule has 2 aromatic carbocycles. The van der Waals surface area contributed by atoms with Gasteiger partial charge < -0.3 is 14.1 Å². The van der Waals surface area contributed by atoms with Gasteiger partial charge in [-0.1, -0.05) is 36.4 Å². The van der Waals surface area contributed by atoms with Crippen LogP contribution in [0.15, 0.2) is 64.2 Å². The molecular weight excluding hydrogens is 423 g/mol. The standard InChI is InChI=1S/C26H17FN2O4/c27-19-10-20-23(25-17(19)7-8-33-25)22(18-3-1-2-4-21(18)30)24(26(31)32)29(20)13-14-5-6-15-11-28-12-16(15)9-14/h1-3,5-11H,4,12-13H2,(H,31,32). The van der Waals surface area contributed by atoms with E-state index in [-0.39, 0.29) is 46.5 Å². The van der Waals surface area contributed by atoms with Crippen LogP contribution in [0.5, 0.6) is 0 Å². The molecule has 6 rings (SSSR count). The number of benzene rings is 2. The predicted octanol–water partition coefficient (Wildman–Crippen LogP) is 5.12. The fraction of sp³-hybridized carbons (Fsp3) is 0.115. The summed E-state index contributed by atoms with van der Waals surface area (Å²) in [7, 11) is 0. The molecule has 1 aliphatic carbocycles. The first-order chi connectivity index (χ1) is 16.0. The second-order valence-corrected chi connectivity index (χ2v) is 8.17. The van der Waals surface area contributed by atoms with Crippen molar-refractivity contribution in [3.63, 3.8) is 0 Å². The molecule has 0 amide bonds. The molecule has 2 aromatic heterocycles. The van der Waals surface area contributed by atoms with Crippen molar-refractivity contribution in [2.45, 2.75) is 19.5 Å². The maximum Gasteiger partial charge on any atom is 0.353 e. The third kappa shape index (κ3) is 2.89. The van der Waals surface area contributed by atoms with Gasteiger partial charge in [0.25, 0.3) is 0 Å². The Kier molecular flexibility index (Phi) is 4.20. The van der Waals surface area contributed by atoms with Gasteiger partial charge >= 0.3 is 5.97 Å². The molecule has 0 saturated carbocycles. The number of furan rings is 1. The number of aromatic nitrogens is 1. The number of ketones is 1. The number of Topliss-reactive ketones (excluding diaryl/α,β-unsaturated/α-hetero) is 1. The van der Waals surface area contributed by atoms with Gasteiger partial charge in [0.1, 0.15) is 17.1 Å². The van der Waals surface area contributed by atoms with Crippen LogP contribution in [0.2, 0.25) is 0 Å². The summed E-state index contributed by atoms with van der Waals surface area (Å²) in [5.41, 5.74) is 4.00. The molecule has 1 aliphatic heterocycles. The van der Waals surface area contributed by atoms with E-state index < -0.39 is 11.8 Å². The highest BCUT2D eigenvalue weighted by Gasteiger charge is 2.31. The third-order valence-corrected chi connectivity index (χ3v) is 6.23. The average Bonchev–Trinajstić information content (AvgIpc) is 3.52. The van der Waals surface area contributed by atoms with Gasteiger partial charge in [-0.3, -0.25) is 9.79 Å². The lowest BCUT2D eigenvalue weighted by Gasteiger charge is -2.12. The van der Waals surface area contributed by atoms with Crippen LogP contribution in [0, 0.1) is 5.82 Å². The van der Waals surface area contributed by atoms with Gasteiger partial charge in [-0.2, -0.15) is 0 Å². The zero-order chi connectivity index (χ0) is 22.7. The Morgan fingerprint density at radius 1 is 1.24 bits per heavy atom. The first kappa shape index (κ1) is 19.4. The van der Waals surface area contributed by atoms with Crippen molar-refractivity contribution in [2.24, 2.45) is 4.99 Å². The first-order valence-corrected chi connectivity index (χ1v) is 10.5. The Morgan fingerprint density at radius 2 is 2.12 bits per heavy atom. The maximum absolute atomic E-state index is 15.0. The second-order valence-electron chi connectivity index (χ2n) is 8.17. The molecule has 0 spiro atoms. The molecule has 0 radical (unpaired) electrons. The van der Waals surface area contributed by atoms with Crippen LogP contribution in [-0.4, -0.2) is 27.6 Å². The summed E-state index contributed by atoms with van der Waals surface area (Å²) in [5.74, 6) is -1.91. The van der Waals surface area contributed by atoms with E-state index in [1.54, 1.807) is 22.8 Å². The number of carboxylic acid groups (broad SMARTS) is 1. The van der Waals surface area contributed by atoms with Gasteiger partial charge in [0.05, 0.1) is 29.1 Å². The van der Waals surface area contributed by atoms with E-state index in [2.05, 4.69) is 4.99 Å². The largest absolute Gasteiger partial charge is 0.477 e. The number of halogens is 1. The smallest absolute Gasteiger partial charge is 0.353 e. The third-order valence-electron chi connectivity index (χ3n) is 6.23. The van der Waals surface area contributed by atoms with E-state index >= 15 is 0 Å². The molecule has 0 saturated heterocycles. The maximum atomic E-state index is 15.0. The van der Waals surface area contributed by atoms with Gasteiger partial charge in [-0.15, -0.1) is 0 Å². The van der Waals surface area contributed by atoms with E-state index in [0.717, 1.165) is 16.7 Å². The van der Waals surface area contributed by atoms with Crippen molar-refractivity contribution in [1.29, 1.82) is 0 Å². The zero-order valence-electron chi connectivity index (χ0n) is 17.3. The summed E-state index contributed by atoms with van der Waals surface area (Å²) in [6.45, 7) is 0.760. The van der Waals surface area contributed by atoms with Crippen molar-refractivity contribution in [1.82, 2.24) is 4.57 Å². The number of carbonyl (C=O) groups excluding carboxylic acids is 1. The molecule has 0 bridgehead atoms. The molecule has 3 heterocycles. The molecule has 33 heavy (non-hydrogen) atoms. The van der Waals surface area contributed by atoms with Crippen molar-refractivity contribution < 1.29 is 23.5 Å². The summed E-state index contributed by atoms with van der Waals surface area (Å²) in [4.78, 5) is 29.7. The number of hydrogen-bond acceptors (Lipinski definition) is 4. The number of carboxylic acids is 1. The highest BCUT2D eigenvalue weighted by atomic mass is 19.1. The van der Waals surface area contributed by atoms with Crippen molar-refractivity contribution in [3.05, 3.63) is 88.6 Å². The summed E-state index contributed by atoms with van der Waals surface area (Å²) in [5, 5.41) is 10.9. The molecule has 7 heteroatoms. The Labute approximate surface area is 187 Å². The minimum absolute atomic E-state index is 0.0695. The number of hydrogen-bond donors (Lipinski definition) is 1. The number of aromatic carboxylic acids is 1. The van der Waals surface area contributed by atoms with Crippen molar-refractivity contribution >= 4 is 45.4 Å². The summed E-state index contributed by atoms with van der Waals surface area (Å²) in [6.07, 6.45) is 8.41. The molecule has 0 fully saturated rings. The van der Waals surface area contributed by atoms with Crippen LogP contribution in [0.25, 0.3) is 27.4 Å². The molecule has 6 nitrogen and oxygen atoms in total. The fourth-order valence-electron chi connectivity index (χ4n) is 4.76. The van der Waals surface area contributed by atoms with Gasteiger partial charge in [0, 0.05) is 30.3 Å². The Balaban J connectivity index is 1.68.